The fourth-order valence-electron chi connectivity index (χ4n) is 4.83. The number of fused-ring (bicyclic) bond motifs is 2. The van der Waals surface area contributed by atoms with Gasteiger partial charge in [0.25, 0.3) is 20.4 Å². The van der Waals surface area contributed by atoms with Gasteiger partial charge in [-0.1, -0.05) is 35.7 Å². The minimum Gasteiger partial charge on any atom is -0.290 e. The van der Waals surface area contributed by atoms with Crippen molar-refractivity contribution in [1.29, 1.82) is 0 Å². The second kappa shape index (κ2) is 17.1. The van der Waals surface area contributed by atoms with Crippen molar-refractivity contribution in [3.8, 4) is 0 Å². The molecule has 6 rings (SSSR count). The third-order valence-electron chi connectivity index (χ3n) is 7.20. The number of thioether (sulfide) groups is 2. The van der Waals surface area contributed by atoms with E-state index in [1.165, 1.54) is 24.3 Å². The van der Waals surface area contributed by atoms with Crippen molar-refractivity contribution >= 4 is 55.6 Å². The van der Waals surface area contributed by atoms with Crippen LogP contribution in [0, 0.1) is 11.6 Å². The van der Waals surface area contributed by atoms with Gasteiger partial charge in [0, 0.05) is 24.6 Å². The Hall–Kier alpha value is -4.12. The standard InChI is InChI=1S/2C13H15FN6O4S2/c2*14-8-2-1-7-5-10(9(7)6-8)17-12(18-21)11-13(20-24-19-11)25-4-3-16-26(15,22)23/h2*1-2,6,10,16,21H,3-5H2,(H,17,18)(H2,15,22,23)/t2*10-/m10/s1. The summed E-state index contributed by atoms with van der Waals surface area (Å²) in [5, 5.41) is 43.9. The predicted molar refractivity (Wildman–Crippen MR) is 181 cm³/mol. The smallest absolute Gasteiger partial charge is 0.274 e. The maximum Gasteiger partial charge on any atom is 0.274 e. The van der Waals surface area contributed by atoms with Crippen molar-refractivity contribution in [3.63, 3.8) is 0 Å². The van der Waals surface area contributed by atoms with E-state index in [4.69, 9.17) is 10.3 Å². The first-order valence-corrected chi connectivity index (χ1v) is 19.8. The van der Waals surface area contributed by atoms with Gasteiger partial charge in [-0.15, -0.1) is 0 Å². The molecule has 26 heteroatoms. The summed E-state index contributed by atoms with van der Waals surface area (Å²) in [5.41, 5.74) is 7.68. The van der Waals surface area contributed by atoms with Gasteiger partial charge in [-0.05, 0) is 80.0 Å². The molecule has 2 aromatic heterocycles. The Bertz CT molecular complexity index is 2020. The molecule has 2 aromatic carbocycles. The van der Waals surface area contributed by atoms with Crippen molar-refractivity contribution in [3.05, 3.63) is 81.7 Å². The molecular weight excluding hydrogens is 775 g/mol. The molecule has 10 N–H and O–H groups in total. The Morgan fingerprint density at radius 3 is 1.52 bits per heavy atom. The van der Waals surface area contributed by atoms with Crippen LogP contribution in [-0.4, -0.2) is 84.1 Å². The number of amidine groups is 2. The topological polar surface area (TPSA) is 311 Å². The summed E-state index contributed by atoms with van der Waals surface area (Å²) in [7, 11) is -7.54. The number of halogens is 2. The van der Waals surface area contributed by atoms with Crippen LogP contribution in [0.4, 0.5) is 8.78 Å². The van der Waals surface area contributed by atoms with Gasteiger partial charge in [0.15, 0.2) is 33.1 Å². The molecule has 4 aromatic rings. The fraction of sp³-hybridized carbons (Fsp3) is 0.308. The average Bonchev–Trinajstić information content (AvgIpc) is 3.74. The van der Waals surface area contributed by atoms with Crippen LogP contribution in [0.15, 0.2) is 65.7 Å². The lowest BCUT2D eigenvalue weighted by molar-refractivity contribution is 0.232. The maximum atomic E-state index is 13.4. The highest BCUT2D eigenvalue weighted by atomic mass is 32.2. The van der Waals surface area contributed by atoms with Gasteiger partial charge in [0.1, 0.15) is 11.6 Å². The zero-order valence-electron chi connectivity index (χ0n) is 26.4. The van der Waals surface area contributed by atoms with E-state index in [0.717, 1.165) is 45.8 Å². The minimum atomic E-state index is -3.77. The van der Waals surface area contributed by atoms with E-state index >= 15 is 0 Å². The Labute approximate surface area is 302 Å². The average molecular weight is 805 g/mol. The quantitative estimate of drug-likeness (QED) is 0.0278. The molecule has 280 valence electrons. The van der Waals surface area contributed by atoms with E-state index in [0.29, 0.717) is 34.4 Å². The first-order chi connectivity index (χ1) is 24.7. The van der Waals surface area contributed by atoms with E-state index in [1.807, 2.05) is 11.0 Å². The molecule has 0 unspecified atom stereocenters. The molecule has 0 bridgehead atoms. The molecule has 2 atom stereocenters. The van der Waals surface area contributed by atoms with Gasteiger partial charge in [0.05, 0.1) is 12.1 Å². The lowest BCUT2D eigenvalue weighted by atomic mass is 9.83. The predicted octanol–water partition coefficient (Wildman–Crippen LogP) is 0.233. The van der Waals surface area contributed by atoms with Crippen LogP contribution in [-0.2, 0) is 33.3 Å². The number of nitrogens with zero attached hydrogens (tertiary/aromatic N) is 6. The highest BCUT2D eigenvalue weighted by molar-refractivity contribution is 7.99. The highest BCUT2D eigenvalue weighted by Crippen LogP contribution is 2.38. The molecule has 20 nitrogen and oxygen atoms in total. The van der Waals surface area contributed by atoms with Crippen LogP contribution in [0.2, 0.25) is 0 Å². The largest absolute Gasteiger partial charge is 0.290 e. The molecule has 0 spiro atoms. The summed E-state index contributed by atoms with van der Waals surface area (Å²) < 4.78 is 83.6. The lowest BCUT2D eigenvalue weighted by Gasteiger charge is -2.27. The van der Waals surface area contributed by atoms with Crippen molar-refractivity contribution < 1.29 is 45.3 Å². The van der Waals surface area contributed by atoms with Gasteiger partial charge in [0.2, 0.25) is 0 Å². The summed E-state index contributed by atoms with van der Waals surface area (Å²) in [6.45, 7) is 0.147. The molecule has 0 aliphatic heterocycles. The number of benzene rings is 2. The van der Waals surface area contributed by atoms with Crippen LogP contribution in [0.3, 0.4) is 0 Å². The second-order valence-corrected chi connectivity index (χ2v) is 15.6. The summed E-state index contributed by atoms with van der Waals surface area (Å²) in [6.07, 6.45) is 1.21. The van der Waals surface area contributed by atoms with E-state index in [2.05, 4.69) is 49.3 Å². The highest BCUT2D eigenvalue weighted by Gasteiger charge is 2.29. The summed E-state index contributed by atoms with van der Waals surface area (Å²) >= 11 is 2.27. The number of hydrogen-bond acceptors (Lipinski definition) is 16. The normalized spacial score (nSPS) is 16.9. The molecule has 2 aliphatic carbocycles. The SMILES string of the molecule is NS(=O)(=O)NCCSc1nonc1C(=N[C@@H]1Cc2ccc(F)cc21)NO.NS(=O)(=O)NCCSc1nonc1C(=N[C@H]1Cc2ccc(F)cc21)NO. The molecule has 0 saturated heterocycles. The zero-order chi connectivity index (χ0) is 37.5. The zero-order valence-corrected chi connectivity index (χ0v) is 29.7. The van der Waals surface area contributed by atoms with Crippen LogP contribution < -0.4 is 30.7 Å². The number of aliphatic imine (C=N–C) groups is 2. The van der Waals surface area contributed by atoms with Crippen LogP contribution in [0.1, 0.15) is 45.7 Å². The van der Waals surface area contributed by atoms with E-state index in [1.54, 1.807) is 12.1 Å². The number of nitrogens with two attached hydrogens (primary N) is 2. The first kappa shape index (κ1) is 39.1. The fourth-order valence-corrected chi connectivity index (χ4v) is 7.37. The van der Waals surface area contributed by atoms with Crippen LogP contribution in [0.5, 0.6) is 0 Å². The summed E-state index contributed by atoms with van der Waals surface area (Å²) in [5.74, 6) is -0.0735. The third-order valence-corrected chi connectivity index (χ3v) is 10.3. The number of nitrogens with one attached hydrogen (secondary N) is 4. The number of hydrogen-bond donors (Lipinski definition) is 8. The Morgan fingerprint density at radius 2 is 1.15 bits per heavy atom. The molecule has 2 aliphatic rings. The van der Waals surface area contributed by atoms with E-state index < -0.39 is 20.4 Å². The number of aromatic nitrogens is 4. The molecule has 0 radical (unpaired) electrons. The lowest BCUT2D eigenvalue weighted by Crippen LogP contribution is -2.32. The van der Waals surface area contributed by atoms with Gasteiger partial charge < -0.3 is 0 Å². The number of rotatable bonds is 14. The summed E-state index contributed by atoms with van der Waals surface area (Å²) in [4.78, 5) is 8.67. The van der Waals surface area contributed by atoms with Gasteiger partial charge in [-0.25, -0.2) is 37.8 Å². The molecule has 0 amide bonds. The van der Waals surface area contributed by atoms with Crippen molar-refractivity contribution in [2.75, 3.05) is 24.6 Å². The third kappa shape index (κ3) is 10.5. The number of hydroxylamine groups is 2. The molecular formula is C26H30F2N12O8S4. The van der Waals surface area contributed by atoms with Gasteiger partial charge in [-0.3, -0.25) is 31.4 Å². The molecule has 0 saturated carbocycles. The van der Waals surface area contributed by atoms with Gasteiger partial charge in [-0.2, -0.15) is 16.8 Å². The van der Waals surface area contributed by atoms with Gasteiger partial charge >= 0.3 is 0 Å². The van der Waals surface area contributed by atoms with E-state index in [-0.39, 0.29) is 59.9 Å². The molecule has 0 fully saturated rings. The second-order valence-electron chi connectivity index (χ2n) is 10.7. The van der Waals surface area contributed by atoms with Crippen LogP contribution in [0.25, 0.3) is 0 Å². The Balaban J connectivity index is 0.000000201. The Morgan fingerprint density at radius 1 is 0.750 bits per heavy atom. The van der Waals surface area contributed by atoms with Crippen molar-refractivity contribution in [1.82, 2.24) is 41.0 Å². The molecule has 2 heterocycles. The summed E-state index contributed by atoms with van der Waals surface area (Å²) in [6, 6.07) is 8.31. The van der Waals surface area contributed by atoms with E-state index in [9.17, 15) is 36.0 Å². The first-order valence-electron chi connectivity index (χ1n) is 14.7. The maximum absolute atomic E-state index is 13.4. The molecule has 52 heavy (non-hydrogen) atoms. The van der Waals surface area contributed by atoms with Crippen molar-refractivity contribution in [2.45, 2.75) is 35.0 Å². The Kier molecular flexibility index (Phi) is 12.9. The van der Waals surface area contributed by atoms with Crippen LogP contribution >= 0.6 is 23.5 Å². The van der Waals surface area contributed by atoms with Crippen molar-refractivity contribution in [2.24, 2.45) is 20.3 Å². The minimum absolute atomic E-state index is 0.0214. The monoisotopic (exact) mass is 804 g/mol.